The van der Waals surface area contributed by atoms with Crippen LogP contribution in [-0.2, 0) is 10.0 Å². The second kappa shape index (κ2) is 5.09. The van der Waals surface area contributed by atoms with Crippen LogP contribution in [0.15, 0.2) is 23.1 Å². The third kappa shape index (κ3) is 2.73. The summed E-state index contributed by atoms with van der Waals surface area (Å²) in [4.78, 5) is 0.00636. The fourth-order valence-electron chi connectivity index (χ4n) is 2.41. The van der Waals surface area contributed by atoms with Crippen molar-refractivity contribution in [2.75, 3.05) is 13.1 Å². The van der Waals surface area contributed by atoms with Crippen molar-refractivity contribution in [1.29, 1.82) is 0 Å². The van der Waals surface area contributed by atoms with Gasteiger partial charge in [0.15, 0.2) is 0 Å². The molecule has 1 unspecified atom stereocenters. The van der Waals surface area contributed by atoms with Crippen molar-refractivity contribution in [3.8, 4) is 0 Å². The van der Waals surface area contributed by atoms with E-state index in [1.54, 1.807) is 6.92 Å². The molecule has 0 saturated carbocycles. The zero-order chi connectivity index (χ0) is 15.1. The summed E-state index contributed by atoms with van der Waals surface area (Å²) in [6.45, 7) is 6.24. The van der Waals surface area contributed by atoms with Crippen molar-refractivity contribution < 1.29 is 12.8 Å². The van der Waals surface area contributed by atoms with Gasteiger partial charge in [-0.2, -0.15) is 4.31 Å². The molecular formula is C14H21FN2O2S. The number of halogens is 1. The van der Waals surface area contributed by atoms with Gasteiger partial charge in [-0.3, -0.25) is 0 Å². The Hall–Kier alpha value is -0.980. The average Bonchev–Trinajstić information content (AvgIpc) is 2.35. The quantitative estimate of drug-likeness (QED) is 0.907. The molecule has 1 heterocycles. The summed E-state index contributed by atoms with van der Waals surface area (Å²) in [5, 5.41) is 0. The highest BCUT2D eigenvalue weighted by Gasteiger charge is 2.38. The van der Waals surface area contributed by atoms with Crippen LogP contribution in [0.4, 0.5) is 4.39 Å². The largest absolute Gasteiger partial charge is 0.327 e. The molecule has 2 rings (SSSR count). The fourth-order valence-corrected chi connectivity index (χ4v) is 4.05. The predicted octanol–water partition coefficient (Wildman–Crippen LogP) is 1.88. The molecule has 0 aliphatic carbocycles. The molecular weight excluding hydrogens is 279 g/mol. The number of rotatable bonds is 2. The Morgan fingerprint density at radius 1 is 1.40 bits per heavy atom. The summed E-state index contributed by atoms with van der Waals surface area (Å²) in [5.74, 6) is -0.501. The molecule has 1 saturated heterocycles. The van der Waals surface area contributed by atoms with Crippen molar-refractivity contribution in [3.63, 3.8) is 0 Å². The van der Waals surface area contributed by atoms with Crippen molar-refractivity contribution in [1.82, 2.24) is 4.31 Å². The summed E-state index contributed by atoms with van der Waals surface area (Å²) >= 11 is 0. The minimum atomic E-state index is -3.66. The number of piperidine rings is 1. The van der Waals surface area contributed by atoms with Gasteiger partial charge < -0.3 is 5.73 Å². The lowest BCUT2D eigenvalue weighted by molar-refractivity contribution is 0.155. The van der Waals surface area contributed by atoms with Crippen molar-refractivity contribution in [3.05, 3.63) is 29.6 Å². The van der Waals surface area contributed by atoms with Crippen LogP contribution in [0.3, 0.4) is 0 Å². The molecule has 0 spiro atoms. The van der Waals surface area contributed by atoms with E-state index in [0.29, 0.717) is 25.1 Å². The number of hydrogen-bond donors (Lipinski definition) is 1. The number of sulfonamides is 1. The van der Waals surface area contributed by atoms with Crippen LogP contribution in [0.25, 0.3) is 0 Å². The van der Waals surface area contributed by atoms with Gasteiger partial charge in [0.1, 0.15) is 5.82 Å². The van der Waals surface area contributed by atoms with E-state index in [2.05, 4.69) is 0 Å². The van der Waals surface area contributed by atoms with E-state index in [4.69, 9.17) is 5.73 Å². The van der Waals surface area contributed by atoms with Gasteiger partial charge in [-0.15, -0.1) is 0 Å². The summed E-state index contributed by atoms with van der Waals surface area (Å²) in [6.07, 6.45) is 0.612. The molecule has 1 aliphatic heterocycles. The first-order valence-corrected chi connectivity index (χ1v) is 8.10. The minimum absolute atomic E-state index is 0.00636. The molecule has 6 heteroatoms. The van der Waals surface area contributed by atoms with Gasteiger partial charge in [0.25, 0.3) is 0 Å². The van der Waals surface area contributed by atoms with Gasteiger partial charge in [0.2, 0.25) is 10.0 Å². The molecule has 20 heavy (non-hydrogen) atoms. The summed E-state index contributed by atoms with van der Waals surface area (Å²) in [7, 11) is -3.66. The molecule has 1 fully saturated rings. The highest BCUT2D eigenvalue weighted by molar-refractivity contribution is 7.89. The Morgan fingerprint density at radius 2 is 2.05 bits per heavy atom. The highest BCUT2D eigenvalue weighted by atomic mass is 32.2. The Balaban J connectivity index is 2.33. The van der Waals surface area contributed by atoms with Crippen LogP contribution in [0.1, 0.15) is 25.8 Å². The molecule has 1 aliphatic rings. The number of nitrogens with two attached hydrogens (primary N) is 1. The van der Waals surface area contributed by atoms with E-state index in [1.807, 2.05) is 13.8 Å². The Morgan fingerprint density at radius 3 is 2.60 bits per heavy atom. The molecule has 2 N–H and O–H groups in total. The van der Waals surface area contributed by atoms with Crippen LogP contribution in [0.2, 0.25) is 0 Å². The number of benzene rings is 1. The topological polar surface area (TPSA) is 63.4 Å². The van der Waals surface area contributed by atoms with Crippen molar-refractivity contribution in [2.45, 2.75) is 38.1 Å². The maximum atomic E-state index is 13.6. The second-order valence-electron chi connectivity index (χ2n) is 6.13. The third-order valence-electron chi connectivity index (χ3n) is 4.06. The highest BCUT2D eigenvalue weighted by Crippen LogP contribution is 2.31. The van der Waals surface area contributed by atoms with E-state index in [-0.39, 0.29) is 16.4 Å². The molecule has 0 radical (unpaired) electrons. The van der Waals surface area contributed by atoms with Gasteiger partial charge in [-0.1, -0.05) is 19.9 Å². The Kier molecular flexibility index (Phi) is 3.92. The molecule has 0 bridgehead atoms. The van der Waals surface area contributed by atoms with Gasteiger partial charge in [-0.25, -0.2) is 12.8 Å². The van der Waals surface area contributed by atoms with Crippen LogP contribution < -0.4 is 5.73 Å². The summed E-state index contributed by atoms with van der Waals surface area (Å²) in [6, 6.07) is 4.01. The van der Waals surface area contributed by atoms with Crippen LogP contribution in [0.5, 0.6) is 0 Å². The molecule has 1 atom stereocenters. The lowest BCUT2D eigenvalue weighted by atomic mass is 9.81. The maximum absolute atomic E-state index is 13.6. The molecule has 1 aromatic rings. The zero-order valence-corrected chi connectivity index (χ0v) is 12.9. The number of nitrogens with zero attached hydrogens (tertiary/aromatic N) is 1. The molecule has 0 aromatic heterocycles. The number of aryl methyl sites for hydroxylation is 1. The first-order chi connectivity index (χ1) is 9.14. The van der Waals surface area contributed by atoms with E-state index >= 15 is 0 Å². The molecule has 0 amide bonds. The lowest BCUT2D eigenvalue weighted by Crippen LogP contribution is -2.53. The van der Waals surface area contributed by atoms with Gasteiger partial charge in [-0.05, 0) is 36.5 Å². The number of hydrogen-bond acceptors (Lipinski definition) is 3. The Labute approximate surface area is 119 Å². The first-order valence-electron chi connectivity index (χ1n) is 6.66. The fraction of sp³-hybridized carbons (Fsp3) is 0.571. The van der Waals surface area contributed by atoms with E-state index < -0.39 is 15.8 Å². The molecule has 4 nitrogen and oxygen atoms in total. The summed E-state index contributed by atoms with van der Waals surface area (Å²) in [5.41, 5.74) is 6.17. The SMILES string of the molecule is Cc1ccc(S(=O)(=O)N2CCC(N)C(C)(C)C2)cc1F. The standard InChI is InChI=1S/C14H21FN2O2S/c1-10-4-5-11(8-12(10)15)20(18,19)17-7-6-13(16)14(2,3)9-17/h4-5,8,13H,6-7,9,16H2,1-3H3. The zero-order valence-electron chi connectivity index (χ0n) is 12.1. The van der Waals surface area contributed by atoms with Crippen molar-refractivity contribution in [2.24, 2.45) is 11.1 Å². The van der Waals surface area contributed by atoms with Crippen LogP contribution >= 0.6 is 0 Å². The predicted molar refractivity (Wildman–Crippen MR) is 76.3 cm³/mol. The van der Waals surface area contributed by atoms with Gasteiger partial charge in [0, 0.05) is 19.1 Å². The van der Waals surface area contributed by atoms with Crippen LogP contribution in [0, 0.1) is 18.2 Å². The smallest absolute Gasteiger partial charge is 0.243 e. The molecule has 1 aromatic carbocycles. The second-order valence-corrected chi connectivity index (χ2v) is 8.07. The van der Waals surface area contributed by atoms with Gasteiger partial charge in [0.05, 0.1) is 4.90 Å². The Bertz CT molecular complexity index is 614. The average molecular weight is 300 g/mol. The third-order valence-corrected chi connectivity index (χ3v) is 5.90. The van der Waals surface area contributed by atoms with E-state index in [9.17, 15) is 12.8 Å². The first kappa shape index (κ1) is 15.4. The lowest BCUT2D eigenvalue weighted by Gasteiger charge is -2.41. The van der Waals surface area contributed by atoms with Crippen molar-refractivity contribution >= 4 is 10.0 Å². The summed E-state index contributed by atoms with van der Waals surface area (Å²) < 4.78 is 40.1. The van der Waals surface area contributed by atoms with E-state index in [0.717, 1.165) is 6.07 Å². The monoisotopic (exact) mass is 300 g/mol. The van der Waals surface area contributed by atoms with E-state index in [1.165, 1.54) is 16.4 Å². The minimum Gasteiger partial charge on any atom is -0.327 e. The van der Waals surface area contributed by atoms with Gasteiger partial charge >= 0.3 is 0 Å². The molecule has 112 valence electrons. The normalized spacial score (nSPS) is 23.8. The van der Waals surface area contributed by atoms with Crippen LogP contribution in [-0.4, -0.2) is 31.9 Å². The maximum Gasteiger partial charge on any atom is 0.243 e.